The lowest BCUT2D eigenvalue weighted by atomic mass is 9.85. The van der Waals surface area contributed by atoms with E-state index in [0.717, 1.165) is 31.3 Å². The van der Waals surface area contributed by atoms with Gasteiger partial charge in [0.1, 0.15) is 18.0 Å². The molecule has 1 amide bonds. The minimum atomic E-state index is 0.0957. The Morgan fingerprint density at radius 1 is 1.33 bits per heavy atom. The number of piperazine rings is 1. The van der Waals surface area contributed by atoms with Gasteiger partial charge in [0.15, 0.2) is 0 Å². The molecule has 2 rings (SSSR count). The molecule has 1 fully saturated rings. The predicted octanol–water partition coefficient (Wildman–Crippen LogP) is 1.14. The number of amides is 1. The minimum absolute atomic E-state index is 0.0957. The number of likely N-dealkylation sites (N-methyl/N-ethyl adjacent to an activating group) is 1. The number of nitrogens with one attached hydrogen (secondary N) is 1. The number of aromatic nitrogens is 2. The van der Waals surface area contributed by atoms with E-state index in [2.05, 4.69) is 55.1 Å². The molecule has 1 aromatic heterocycles. The Hall–Kier alpha value is -1.89. The van der Waals surface area contributed by atoms with Crippen LogP contribution in [-0.4, -0.2) is 79.0 Å². The molecule has 7 heteroatoms. The summed E-state index contributed by atoms with van der Waals surface area (Å²) in [7, 11) is 6.00. The average molecular weight is 334 g/mol. The van der Waals surface area contributed by atoms with Crippen molar-refractivity contribution in [2.24, 2.45) is 5.41 Å². The number of hydrogen-bond acceptors (Lipinski definition) is 6. The zero-order valence-corrected chi connectivity index (χ0v) is 15.7. The van der Waals surface area contributed by atoms with Crippen LogP contribution in [0.3, 0.4) is 0 Å². The molecule has 1 aliphatic heterocycles. The van der Waals surface area contributed by atoms with Crippen molar-refractivity contribution >= 4 is 17.5 Å². The summed E-state index contributed by atoms with van der Waals surface area (Å²) < 4.78 is 0. The zero-order valence-electron chi connectivity index (χ0n) is 15.7. The van der Waals surface area contributed by atoms with Crippen molar-refractivity contribution in [3.05, 3.63) is 12.4 Å². The van der Waals surface area contributed by atoms with Gasteiger partial charge in [-0.05, 0) is 26.4 Å². The van der Waals surface area contributed by atoms with Crippen molar-refractivity contribution in [1.29, 1.82) is 0 Å². The molecule has 1 N–H and O–H groups in total. The summed E-state index contributed by atoms with van der Waals surface area (Å²) in [6.45, 7) is 9.52. The maximum Gasteiger partial charge on any atom is 0.241 e. The number of rotatable bonds is 6. The molecular formula is C17H30N6O. The molecule has 1 aromatic rings. The molecule has 0 aliphatic carbocycles. The predicted molar refractivity (Wildman–Crippen MR) is 97.3 cm³/mol. The summed E-state index contributed by atoms with van der Waals surface area (Å²) in [5.74, 6) is 1.71. The van der Waals surface area contributed by atoms with E-state index in [9.17, 15) is 4.79 Å². The summed E-state index contributed by atoms with van der Waals surface area (Å²) >= 11 is 0. The Kier molecular flexibility index (Phi) is 5.64. The number of anilines is 2. The monoisotopic (exact) mass is 334 g/mol. The van der Waals surface area contributed by atoms with Gasteiger partial charge in [-0.15, -0.1) is 0 Å². The summed E-state index contributed by atoms with van der Waals surface area (Å²) in [6.07, 6.45) is 1.56. The lowest BCUT2D eigenvalue weighted by molar-refractivity contribution is -0.129. The molecular weight excluding hydrogens is 304 g/mol. The molecule has 0 saturated carbocycles. The highest BCUT2D eigenvalue weighted by Gasteiger charge is 2.27. The van der Waals surface area contributed by atoms with Crippen molar-refractivity contribution in [2.75, 3.05) is 57.5 Å². The number of nitrogens with zero attached hydrogens (tertiary/aromatic N) is 5. The van der Waals surface area contributed by atoms with Gasteiger partial charge in [0.05, 0.1) is 6.54 Å². The minimum Gasteiger partial charge on any atom is -0.367 e. The van der Waals surface area contributed by atoms with Crippen LogP contribution in [0.25, 0.3) is 0 Å². The van der Waals surface area contributed by atoms with Gasteiger partial charge in [0.25, 0.3) is 0 Å². The molecule has 0 radical (unpaired) electrons. The first-order valence-corrected chi connectivity index (χ1v) is 8.41. The van der Waals surface area contributed by atoms with Crippen LogP contribution in [0, 0.1) is 5.41 Å². The lowest BCUT2D eigenvalue weighted by Crippen LogP contribution is -2.48. The summed E-state index contributed by atoms with van der Waals surface area (Å²) in [6, 6.07) is 2.18. The van der Waals surface area contributed by atoms with Crippen LogP contribution in [0.5, 0.6) is 0 Å². The average Bonchev–Trinajstić information content (AvgIpc) is 2.49. The fourth-order valence-corrected chi connectivity index (χ4v) is 2.92. The second-order valence-corrected chi connectivity index (χ2v) is 7.59. The van der Waals surface area contributed by atoms with E-state index < -0.39 is 0 Å². The van der Waals surface area contributed by atoms with Gasteiger partial charge in [0, 0.05) is 38.8 Å². The van der Waals surface area contributed by atoms with Gasteiger partial charge in [-0.2, -0.15) is 0 Å². The molecule has 24 heavy (non-hydrogen) atoms. The topological polar surface area (TPSA) is 64.6 Å². The van der Waals surface area contributed by atoms with Gasteiger partial charge in [-0.3, -0.25) is 4.79 Å². The van der Waals surface area contributed by atoms with Crippen molar-refractivity contribution < 1.29 is 4.79 Å². The first-order valence-electron chi connectivity index (χ1n) is 8.41. The highest BCUT2D eigenvalue weighted by molar-refractivity contribution is 5.82. The molecule has 7 nitrogen and oxygen atoms in total. The van der Waals surface area contributed by atoms with Gasteiger partial charge >= 0.3 is 0 Å². The van der Waals surface area contributed by atoms with E-state index in [4.69, 9.17) is 0 Å². The smallest absolute Gasteiger partial charge is 0.241 e. The van der Waals surface area contributed by atoms with Crippen molar-refractivity contribution in [2.45, 2.75) is 26.8 Å². The Labute approximate surface area is 145 Å². The van der Waals surface area contributed by atoms with Crippen LogP contribution >= 0.6 is 0 Å². The quantitative estimate of drug-likeness (QED) is 0.842. The Morgan fingerprint density at radius 2 is 2.04 bits per heavy atom. The lowest BCUT2D eigenvalue weighted by Gasteiger charge is -2.35. The van der Waals surface area contributed by atoms with Crippen LogP contribution in [0.1, 0.15) is 20.8 Å². The summed E-state index contributed by atoms with van der Waals surface area (Å²) in [4.78, 5) is 26.5. The molecule has 2 heterocycles. The second kappa shape index (κ2) is 7.34. The first kappa shape index (κ1) is 18.4. The van der Waals surface area contributed by atoms with E-state index in [1.807, 2.05) is 18.0 Å². The molecule has 1 aliphatic rings. The van der Waals surface area contributed by atoms with Gasteiger partial charge in [-0.1, -0.05) is 13.8 Å². The Balaban J connectivity index is 2.06. The van der Waals surface area contributed by atoms with Crippen LogP contribution < -0.4 is 10.2 Å². The molecule has 0 aromatic carbocycles. The van der Waals surface area contributed by atoms with Crippen molar-refractivity contribution in [3.8, 4) is 0 Å². The summed E-state index contributed by atoms with van der Waals surface area (Å²) in [5, 5.41) is 3.49. The SMILES string of the molecule is CC(Nc1cc(N2CCN(C)C(=O)C2)ncn1)C(C)(C)CN(C)C. The molecule has 1 saturated heterocycles. The van der Waals surface area contributed by atoms with E-state index in [-0.39, 0.29) is 17.4 Å². The van der Waals surface area contributed by atoms with Crippen molar-refractivity contribution in [1.82, 2.24) is 19.8 Å². The highest BCUT2D eigenvalue weighted by atomic mass is 16.2. The van der Waals surface area contributed by atoms with Crippen LogP contribution in [0.2, 0.25) is 0 Å². The largest absolute Gasteiger partial charge is 0.367 e. The Bertz CT molecular complexity index is 574. The van der Waals surface area contributed by atoms with Crippen molar-refractivity contribution in [3.63, 3.8) is 0 Å². The molecule has 0 bridgehead atoms. The fraction of sp³-hybridized carbons (Fsp3) is 0.706. The second-order valence-electron chi connectivity index (χ2n) is 7.59. The van der Waals surface area contributed by atoms with Crippen LogP contribution in [0.4, 0.5) is 11.6 Å². The molecule has 0 spiro atoms. The van der Waals surface area contributed by atoms with Gasteiger partial charge in [-0.25, -0.2) is 9.97 Å². The third kappa shape index (κ3) is 4.56. The first-order chi connectivity index (χ1) is 11.2. The van der Waals surface area contributed by atoms with E-state index in [1.54, 1.807) is 11.2 Å². The maximum absolute atomic E-state index is 11.9. The Morgan fingerprint density at radius 3 is 2.67 bits per heavy atom. The zero-order chi connectivity index (χ0) is 17.9. The molecule has 1 unspecified atom stereocenters. The van der Waals surface area contributed by atoms with E-state index in [0.29, 0.717) is 6.54 Å². The van der Waals surface area contributed by atoms with Gasteiger partial charge < -0.3 is 20.0 Å². The van der Waals surface area contributed by atoms with Crippen LogP contribution in [0.15, 0.2) is 12.4 Å². The maximum atomic E-state index is 11.9. The van der Waals surface area contributed by atoms with E-state index in [1.165, 1.54) is 0 Å². The van der Waals surface area contributed by atoms with Gasteiger partial charge in [0.2, 0.25) is 5.91 Å². The fourth-order valence-electron chi connectivity index (χ4n) is 2.92. The number of hydrogen-bond donors (Lipinski definition) is 1. The van der Waals surface area contributed by atoms with E-state index >= 15 is 0 Å². The van der Waals surface area contributed by atoms with Crippen LogP contribution in [-0.2, 0) is 4.79 Å². The third-order valence-electron chi connectivity index (χ3n) is 4.69. The summed E-state index contributed by atoms with van der Waals surface area (Å²) in [5.41, 5.74) is 0.0957. The standard InChI is InChI=1S/C17H30N6O/c1-13(17(2,3)11-21(4)5)20-14-9-15(19-12-18-14)23-8-7-22(6)16(24)10-23/h9,12-13H,7-8,10-11H2,1-6H3,(H,18,19,20). The number of carbonyl (C=O) groups excluding carboxylic acids is 1. The normalized spacial score (nSPS) is 17.4. The highest BCUT2D eigenvalue weighted by Crippen LogP contribution is 2.25. The molecule has 134 valence electrons. The number of carbonyl (C=O) groups is 1. The third-order valence-corrected chi connectivity index (χ3v) is 4.69. The molecule has 1 atom stereocenters.